The van der Waals surface area contributed by atoms with Crippen LogP contribution in [0.2, 0.25) is 10.0 Å². The van der Waals surface area contributed by atoms with E-state index >= 15 is 0 Å². The van der Waals surface area contributed by atoms with Gasteiger partial charge in [-0.3, -0.25) is 0 Å². The highest BCUT2D eigenvalue weighted by Crippen LogP contribution is 2.33. The normalized spacial score (nSPS) is 11.3. The van der Waals surface area contributed by atoms with Crippen LogP contribution < -0.4 is 4.74 Å². The third-order valence-electron chi connectivity index (χ3n) is 3.14. The van der Waals surface area contributed by atoms with E-state index < -0.39 is 5.97 Å². The molecule has 0 saturated carbocycles. The predicted octanol–water partition coefficient (Wildman–Crippen LogP) is 5.22. The van der Waals surface area contributed by atoms with Gasteiger partial charge < -0.3 is 9.84 Å². The average molecular weight is 339 g/mol. The predicted molar refractivity (Wildman–Crippen MR) is 88.2 cm³/mol. The molecule has 0 aliphatic heterocycles. The number of carbonyl (C=O) groups is 1. The molecule has 0 aliphatic rings. The summed E-state index contributed by atoms with van der Waals surface area (Å²) in [5, 5.41) is 10.6. The lowest BCUT2D eigenvalue weighted by Gasteiger charge is -2.21. The van der Waals surface area contributed by atoms with Gasteiger partial charge in [0.2, 0.25) is 0 Å². The first-order chi connectivity index (χ1) is 10.2. The van der Waals surface area contributed by atoms with Crippen LogP contribution in [0.5, 0.6) is 11.5 Å². The number of esters is 1. The standard InChI is InChI=1S/C17H16Cl2O3/c1-17(2,3)12-9-11(5-7-15(12)20)22-16(21)10-4-6-13(18)14(19)8-10/h4-9,20H,1-3H3. The van der Waals surface area contributed by atoms with Crippen LogP contribution >= 0.6 is 23.2 Å². The summed E-state index contributed by atoms with van der Waals surface area (Å²) < 4.78 is 5.33. The number of aromatic hydroxyl groups is 1. The lowest BCUT2D eigenvalue weighted by molar-refractivity contribution is 0.0734. The zero-order valence-electron chi connectivity index (χ0n) is 12.5. The molecule has 0 aliphatic carbocycles. The number of benzene rings is 2. The Balaban J connectivity index is 2.27. The fraction of sp³-hybridized carbons (Fsp3) is 0.235. The maximum atomic E-state index is 12.1. The van der Waals surface area contributed by atoms with E-state index in [-0.39, 0.29) is 16.2 Å². The van der Waals surface area contributed by atoms with Crippen molar-refractivity contribution in [3.63, 3.8) is 0 Å². The van der Waals surface area contributed by atoms with E-state index in [1.54, 1.807) is 18.2 Å². The maximum absolute atomic E-state index is 12.1. The SMILES string of the molecule is CC(C)(C)c1cc(OC(=O)c2ccc(Cl)c(Cl)c2)ccc1O. The lowest BCUT2D eigenvalue weighted by atomic mass is 9.86. The summed E-state index contributed by atoms with van der Waals surface area (Å²) in [6, 6.07) is 9.25. The molecule has 0 unspecified atom stereocenters. The molecular formula is C17H16Cl2O3. The van der Waals surface area contributed by atoms with E-state index in [0.717, 1.165) is 0 Å². The first kappa shape index (κ1) is 16.7. The van der Waals surface area contributed by atoms with Crippen LogP contribution in [0.25, 0.3) is 0 Å². The van der Waals surface area contributed by atoms with Gasteiger partial charge in [-0.15, -0.1) is 0 Å². The number of hydrogen-bond donors (Lipinski definition) is 1. The molecule has 5 heteroatoms. The largest absolute Gasteiger partial charge is 0.508 e. The monoisotopic (exact) mass is 338 g/mol. The number of phenolic OH excluding ortho intramolecular Hbond substituents is 1. The van der Waals surface area contributed by atoms with Crippen molar-refractivity contribution in [3.8, 4) is 11.5 Å². The Labute approximate surface area is 139 Å². The van der Waals surface area contributed by atoms with Crippen LogP contribution in [0.4, 0.5) is 0 Å². The van der Waals surface area contributed by atoms with Crippen molar-refractivity contribution in [2.45, 2.75) is 26.2 Å². The van der Waals surface area contributed by atoms with Crippen LogP contribution in [0.3, 0.4) is 0 Å². The highest BCUT2D eigenvalue weighted by Gasteiger charge is 2.20. The number of phenols is 1. The van der Waals surface area contributed by atoms with Gasteiger partial charge in [0.05, 0.1) is 15.6 Å². The molecule has 0 amide bonds. The van der Waals surface area contributed by atoms with Gasteiger partial charge in [-0.05, 0) is 41.8 Å². The van der Waals surface area contributed by atoms with Crippen molar-refractivity contribution in [1.82, 2.24) is 0 Å². The second-order valence-corrected chi connectivity index (χ2v) is 6.76. The molecule has 0 fully saturated rings. The molecule has 0 aromatic heterocycles. The molecule has 3 nitrogen and oxygen atoms in total. The van der Waals surface area contributed by atoms with E-state index in [1.807, 2.05) is 20.8 Å². The first-order valence-corrected chi connectivity index (χ1v) is 7.45. The van der Waals surface area contributed by atoms with E-state index in [2.05, 4.69) is 0 Å². The Morgan fingerprint density at radius 1 is 1.05 bits per heavy atom. The minimum atomic E-state index is -0.538. The fourth-order valence-corrected chi connectivity index (χ4v) is 2.27. The Bertz CT molecular complexity index is 718. The van der Waals surface area contributed by atoms with Crippen LogP contribution in [-0.2, 0) is 5.41 Å². The third kappa shape index (κ3) is 3.73. The Morgan fingerprint density at radius 3 is 2.32 bits per heavy atom. The van der Waals surface area contributed by atoms with E-state index in [9.17, 15) is 9.90 Å². The zero-order valence-corrected chi connectivity index (χ0v) is 14.0. The zero-order chi connectivity index (χ0) is 16.5. The quantitative estimate of drug-likeness (QED) is 0.603. The summed E-state index contributed by atoms with van der Waals surface area (Å²) >= 11 is 11.7. The summed E-state index contributed by atoms with van der Waals surface area (Å²) in [6.07, 6.45) is 0. The van der Waals surface area contributed by atoms with Gasteiger partial charge in [-0.25, -0.2) is 4.79 Å². The molecule has 0 bridgehead atoms. The molecular weight excluding hydrogens is 323 g/mol. The molecule has 22 heavy (non-hydrogen) atoms. The van der Waals surface area contributed by atoms with Gasteiger partial charge >= 0.3 is 5.97 Å². The van der Waals surface area contributed by atoms with Crippen molar-refractivity contribution in [2.24, 2.45) is 0 Å². The molecule has 0 atom stereocenters. The topological polar surface area (TPSA) is 46.5 Å². The van der Waals surface area contributed by atoms with Gasteiger partial charge in [0.1, 0.15) is 11.5 Å². The Hall–Kier alpha value is -1.71. The van der Waals surface area contributed by atoms with E-state index in [4.69, 9.17) is 27.9 Å². The van der Waals surface area contributed by atoms with Crippen molar-refractivity contribution in [1.29, 1.82) is 0 Å². The van der Waals surface area contributed by atoms with Crippen LogP contribution in [0.1, 0.15) is 36.7 Å². The first-order valence-electron chi connectivity index (χ1n) is 6.69. The van der Waals surface area contributed by atoms with Crippen LogP contribution in [-0.4, -0.2) is 11.1 Å². The van der Waals surface area contributed by atoms with E-state index in [0.29, 0.717) is 21.9 Å². The van der Waals surface area contributed by atoms with Gasteiger partial charge in [-0.1, -0.05) is 44.0 Å². The molecule has 2 rings (SSSR count). The fourth-order valence-electron chi connectivity index (χ4n) is 1.97. The van der Waals surface area contributed by atoms with Crippen LogP contribution in [0, 0.1) is 0 Å². The highest BCUT2D eigenvalue weighted by molar-refractivity contribution is 6.42. The van der Waals surface area contributed by atoms with Gasteiger partial charge in [0.15, 0.2) is 0 Å². The van der Waals surface area contributed by atoms with Gasteiger partial charge in [0.25, 0.3) is 0 Å². The molecule has 116 valence electrons. The Kier molecular flexibility index (Phi) is 4.69. The number of rotatable bonds is 2. The van der Waals surface area contributed by atoms with Crippen molar-refractivity contribution in [2.75, 3.05) is 0 Å². The number of halogens is 2. The molecule has 2 aromatic carbocycles. The van der Waals surface area contributed by atoms with Crippen LogP contribution in [0.15, 0.2) is 36.4 Å². The highest BCUT2D eigenvalue weighted by atomic mass is 35.5. The maximum Gasteiger partial charge on any atom is 0.343 e. The molecule has 2 aromatic rings. The van der Waals surface area contributed by atoms with Crippen molar-refractivity contribution >= 4 is 29.2 Å². The molecule has 0 saturated heterocycles. The smallest absolute Gasteiger partial charge is 0.343 e. The second kappa shape index (κ2) is 6.19. The molecule has 0 radical (unpaired) electrons. The summed E-state index contributed by atoms with van der Waals surface area (Å²) in [4.78, 5) is 12.1. The number of carbonyl (C=O) groups excluding carboxylic acids is 1. The minimum Gasteiger partial charge on any atom is -0.508 e. The third-order valence-corrected chi connectivity index (χ3v) is 3.88. The van der Waals surface area contributed by atoms with Crippen molar-refractivity contribution < 1.29 is 14.6 Å². The summed E-state index contributed by atoms with van der Waals surface area (Å²) in [7, 11) is 0. The molecule has 0 spiro atoms. The molecule has 0 heterocycles. The molecule has 1 N–H and O–H groups in total. The van der Waals surface area contributed by atoms with E-state index in [1.165, 1.54) is 18.2 Å². The number of hydrogen-bond acceptors (Lipinski definition) is 3. The summed E-state index contributed by atoms with van der Waals surface area (Å²) in [5.74, 6) is -0.00949. The second-order valence-electron chi connectivity index (χ2n) is 5.95. The Morgan fingerprint density at radius 2 is 1.73 bits per heavy atom. The van der Waals surface area contributed by atoms with Gasteiger partial charge in [-0.2, -0.15) is 0 Å². The lowest BCUT2D eigenvalue weighted by Crippen LogP contribution is -2.13. The average Bonchev–Trinajstić information content (AvgIpc) is 2.42. The summed E-state index contributed by atoms with van der Waals surface area (Å²) in [5.41, 5.74) is 0.738. The summed E-state index contributed by atoms with van der Waals surface area (Å²) in [6.45, 7) is 5.89. The van der Waals surface area contributed by atoms with Gasteiger partial charge in [0, 0.05) is 5.56 Å². The van der Waals surface area contributed by atoms with Crippen molar-refractivity contribution in [3.05, 3.63) is 57.6 Å². The minimum absolute atomic E-state index is 0.168. The number of ether oxygens (including phenoxy) is 1.